The van der Waals surface area contributed by atoms with Gasteiger partial charge in [-0.05, 0) is 31.4 Å². The predicted molar refractivity (Wildman–Crippen MR) is 105 cm³/mol. The lowest BCUT2D eigenvalue weighted by atomic mass is 9.83. The Bertz CT molecular complexity index is 946. The number of fused-ring (bicyclic) bond motifs is 2. The Kier molecular flexibility index (Phi) is 5.91. The van der Waals surface area contributed by atoms with Gasteiger partial charge in [0.2, 0.25) is 15.9 Å². The standard InChI is InChI=1S/C18H24N4O4S2/c23-18-13-5-1-2-7-15(13)22(10-4-11-26-12-9-19-18)28(24,25)16-8-3-6-14-17(16)21-27-20-14/h3,6,8,13,15H,1-2,4-5,7,9-12H2,(H,19,23). The van der Waals surface area contributed by atoms with E-state index in [0.29, 0.717) is 56.6 Å². The molecule has 2 aromatic rings. The Morgan fingerprint density at radius 3 is 2.89 bits per heavy atom. The summed E-state index contributed by atoms with van der Waals surface area (Å²) in [5.74, 6) is -0.418. The van der Waals surface area contributed by atoms with Crippen LogP contribution in [0.3, 0.4) is 0 Å². The third kappa shape index (κ3) is 3.78. The Balaban J connectivity index is 1.76. The van der Waals surface area contributed by atoms with Gasteiger partial charge in [-0.15, -0.1) is 0 Å². The molecule has 2 fully saturated rings. The molecule has 2 unspecified atom stereocenters. The molecular weight excluding hydrogens is 400 g/mol. The molecule has 2 atom stereocenters. The molecule has 1 amide bonds. The zero-order chi connectivity index (χ0) is 19.6. The molecule has 152 valence electrons. The van der Waals surface area contributed by atoms with Gasteiger partial charge in [0.1, 0.15) is 15.9 Å². The summed E-state index contributed by atoms with van der Waals surface area (Å²) in [4.78, 5) is 12.9. The van der Waals surface area contributed by atoms with Gasteiger partial charge in [0, 0.05) is 25.7 Å². The average Bonchev–Trinajstić information content (AvgIpc) is 3.17. The highest BCUT2D eigenvalue weighted by Crippen LogP contribution is 2.34. The van der Waals surface area contributed by atoms with Gasteiger partial charge in [0.05, 0.1) is 24.3 Å². The Morgan fingerprint density at radius 1 is 1.14 bits per heavy atom. The number of carbonyl (C=O) groups excluding carboxylic acids is 1. The normalized spacial score (nSPS) is 25.6. The van der Waals surface area contributed by atoms with Gasteiger partial charge in [0.25, 0.3) is 0 Å². The van der Waals surface area contributed by atoms with Crippen LogP contribution in [0.15, 0.2) is 23.1 Å². The van der Waals surface area contributed by atoms with Crippen molar-refractivity contribution >= 4 is 38.7 Å². The van der Waals surface area contributed by atoms with Crippen molar-refractivity contribution in [3.63, 3.8) is 0 Å². The molecule has 1 N–H and O–H groups in total. The van der Waals surface area contributed by atoms with Gasteiger partial charge in [-0.1, -0.05) is 18.9 Å². The fourth-order valence-corrected chi connectivity index (χ4v) is 6.63. The highest BCUT2D eigenvalue weighted by molar-refractivity contribution is 7.89. The van der Waals surface area contributed by atoms with Gasteiger partial charge in [-0.3, -0.25) is 4.79 Å². The van der Waals surface area contributed by atoms with E-state index in [2.05, 4.69) is 14.1 Å². The molecule has 0 spiro atoms. The molecule has 1 aliphatic carbocycles. The van der Waals surface area contributed by atoms with Crippen LogP contribution in [0, 0.1) is 5.92 Å². The number of nitrogens with one attached hydrogen (secondary N) is 1. The van der Waals surface area contributed by atoms with E-state index in [1.165, 1.54) is 4.31 Å². The molecule has 0 radical (unpaired) electrons. The van der Waals surface area contributed by atoms with E-state index in [9.17, 15) is 13.2 Å². The maximum Gasteiger partial charge on any atom is 0.245 e. The van der Waals surface area contributed by atoms with Crippen LogP contribution < -0.4 is 5.32 Å². The number of nitrogens with zero attached hydrogens (tertiary/aromatic N) is 3. The zero-order valence-corrected chi connectivity index (χ0v) is 17.2. The van der Waals surface area contributed by atoms with Crippen LogP contribution in [0.4, 0.5) is 0 Å². The second kappa shape index (κ2) is 8.40. The molecule has 1 saturated carbocycles. The summed E-state index contributed by atoms with van der Waals surface area (Å²) in [6.45, 7) is 1.69. The van der Waals surface area contributed by atoms with Crippen LogP contribution in [0.2, 0.25) is 0 Å². The maximum atomic E-state index is 13.7. The van der Waals surface area contributed by atoms with Gasteiger partial charge < -0.3 is 10.1 Å². The summed E-state index contributed by atoms with van der Waals surface area (Å²) in [7, 11) is -3.83. The van der Waals surface area contributed by atoms with Crippen molar-refractivity contribution in [3.8, 4) is 0 Å². The SMILES string of the molecule is O=C1NCCOCCCN(S(=O)(=O)c2cccc3nsnc23)C2CCCCC12. The van der Waals surface area contributed by atoms with E-state index in [4.69, 9.17) is 4.74 Å². The van der Waals surface area contributed by atoms with Gasteiger partial charge >= 0.3 is 0 Å². The summed E-state index contributed by atoms with van der Waals surface area (Å²) in [5.41, 5.74) is 0.972. The number of amides is 1. The molecule has 1 aromatic carbocycles. The van der Waals surface area contributed by atoms with Gasteiger partial charge in [0.15, 0.2) is 0 Å². The monoisotopic (exact) mass is 424 g/mol. The second-order valence-corrected chi connectivity index (χ2v) is 9.61. The fraction of sp³-hybridized carbons (Fsp3) is 0.611. The van der Waals surface area contributed by atoms with E-state index in [0.717, 1.165) is 24.6 Å². The Morgan fingerprint density at radius 2 is 2.00 bits per heavy atom. The van der Waals surface area contributed by atoms with Crippen molar-refractivity contribution in [2.24, 2.45) is 5.92 Å². The van der Waals surface area contributed by atoms with E-state index >= 15 is 0 Å². The number of benzene rings is 1. The molecule has 4 rings (SSSR count). The molecule has 0 bridgehead atoms. The molecule has 2 aliphatic rings. The van der Waals surface area contributed by atoms with Crippen LogP contribution in [0.25, 0.3) is 11.0 Å². The number of carbonyl (C=O) groups is 1. The van der Waals surface area contributed by atoms with Crippen LogP contribution >= 0.6 is 11.7 Å². The van der Waals surface area contributed by atoms with Crippen molar-refractivity contribution in [1.82, 2.24) is 18.4 Å². The van der Waals surface area contributed by atoms with Crippen LogP contribution in [0.5, 0.6) is 0 Å². The van der Waals surface area contributed by atoms with E-state index in [-0.39, 0.29) is 22.8 Å². The number of rotatable bonds is 2. The lowest BCUT2D eigenvalue weighted by molar-refractivity contribution is -0.127. The molecule has 28 heavy (non-hydrogen) atoms. The molecule has 2 heterocycles. The summed E-state index contributed by atoms with van der Waals surface area (Å²) in [5, 5.41) is 2.91. The Labute approximate surface area is 168 Å². The van der Waals surface area contributed by atoms with Crippen LogP contribution in [-0.4, -0.2) is 59.7 Å². The first-order valence-electron chi connectivity index (χ1n) is 9.67. The third-order valence-corrected chi connectivity index (χ3v) is 7.98. The number of aromatic nitrogens is 2. The van der Waals surface area contributed by atoms with Crippen molar-refractivity contribution < 1.29 is 17.9 Å². The number of ether oxygens (including phenoxy) is 1. The molecule has 8 nitrogen and oxygen atoms in total. The van der Waals surface area contributed by atoms with Crippen molar-refractivity contribution in [2.45, 2.75) is 43.0 Å². The molecule has 1 aliphatic heterocycles. The summed E-state index contributed by atoms with van der Waals surface area (Å²) in [6.07, 6.45) is 3.82. The lowest BCUT2D eigenvalue weighted by Gasteiger charge is -2.38. The lowest BCUT2D eigenvalue weighted by Crippen LogP contribution is -2.51. The topological polar surface area (TPSA) is 101 Å². The molecule has 10 heteroatoms. The molecular formula is C18H24N4O4S2. The molecule has 1 saturated heterocycles. The summed E-state index contributed by atoms with van der Waals surface area (Å²) >= 11 is 1.00. The average molecular weight is 425 g/mol. The highest BCUT2D eigenvalue weighted by atomic mass is 32.2. The number of sulfonamides is 1. The second-order valence-electron chi connectivity index (χ2n) is 7.22. The van der Waals surface area contributed by atoms with Crippen molar-refractivity contribution in [1.29, 1.82) is 0 Å². The maximum absolute atomic E-state index is 13.7. The first-order chi connectivity index (χ1) is 13.6. The smallest absolute Gasteiger partial charge is 0.245 e. The first-order valence-corrected chi connectivity index (χ1v) is 11.8. The largest absolute Gasteiger partial charge is 0.380 e. The summed E-state index contributed by atoms with van der Waals surface area (Å²) < 4.78 is 42.8. The van der Waals surface area contributed by atoms with Crippen molar-refractivity contribution in [3.05, 3.63) is 18.2 Å². The minimum Gasteiger partial charge on any atom is -0.380 e. The van der Waals surface area contributed by atoms with Crippen molar-refractivity contribution in [2.75, 3.05) is 26.3 Å². The van der Waals surface area contributed by atoms with Crippen LogP contribution in [-0.2, 0) is 19.6 Å². The zero-order valence-electron chi connectivity index (χ0n) is 15.5. The minimum absolute atomic E-state index is 0.0797. The summed E-state index contributed by atoms with van der Waals surface area (Å²) in [6, 6.07) is 4.68. The minimum atomic E-state index is -3.83. The van der Waals surface area contributed by atoms with E-state index in [1.807, 2.05) is 0 Å². The van der Waals surface area contributed by atoms with Gasteiger partial charge in [-0.25, -0.2) is 8.42 Å². The third-order valence-electron chi connectivity index (χ3n) is 5.48. The number of hydrogen-bond acceptors (Lipinski definition) is 7. The fourth-order valence-electron chi connectivity index (χ4n) is 4.14. The van der Waals surface area contributed by atoms with E-state index in [1.54, 1.807) is 18.2 Å². The predicted octanol–water partition coefficient (Wildman–Crippen LogP) is 1.78. The molecule has 1 aromatic heterocycles. The van der Waals surface area contributed by atoms with Gasteiger partial charge in [-0.2, -0.15) is 13.1 Å². The first kappa shape index (κ1) is 19.7. The quantitative estimate of drug-likeness (QED) is 0.789. The number of hydrogen-bond donors (Lipinski definition) is 1. The highest BCUT2D eigenvalue weighted by Gasteiger charge is 2.41. The Hall–Kier alpha value is -1.62. The van der Waals surface area contributed by atoms with E-state index < -0.39 is 10.0 Å². The van der Waals surface area contributed by atoms with Crippen LogP contribution in [0.1, 0.15) is 32.1 Å².